The summed E-state index contributed by atoms with van der Waals surface area (Å²) in [6, 6.07) is 0. The fourth-order valence-corrected chi connectivity index (χ4v) is 2.67. The first-order valence-corrected chi connectivity index (χ1v) is 7.95. The van der Waals surface area contributed by atoms with E-state index >= 15 is 0 Å². The molecule has 0 N–H and O–H groups in total. The third kappa shape index (κ3) is 8.49. The van der Waals surface area contributed by atoms with Crippen molar-refractivity contribution in [2.45, 2.75) is 84.0 Å². The van der Waals surface area contributed by atoms with Crippen LogP contribution in [-0.4, -0.2) is 5.78 Å². The van der Waals surface area contributed by atoms with E-state index in [1.54, 1.807) is 0 Å². The molecule has 1 aliphatic carbocycles. The van der Waals surface area contributed by atoms with Crippen molar-refractivity contribution in [3.05, 3.63) is 12.2 Å². The second-order valence-electron chi connectivity index (χ2n) is 5.92. The van der Waals surface area contributed by atoms with Crippen LogP contribution in [0.15, 0.2) is 12.2 Å². The van der Waals surface area contributed by atoms with E-state index in [0.717, 1.165) is 25.7 Å². The van der Waals surface area contributed by atoms with Crippen LogP contribution in [0.25, 0.3) is 0 Å². The third-order valence-electron chi connectivity index (χ3n) is 3.86. The van der Waals surface area contributed by atoms with E-state index in [1.807, 2.05) is 0 Å². The molecule has 18 heavy (non-hydrogen) atoms. The predicted octanol–water partition coefficient (Wildman–Crippen LogP) is 5.44. The molecule has 1 aliphatic rings. The SMILES string of the molecule is CC1CC=CCCCCCCCCCCC(=O)C1. The van der Waals surface area contributed by atoms with Gasteiger partial charge < -0.3 is 0 Å². The quantitative estimate of drug-likeness (QED) is 0.523. The van der Waals surface area contributed by atoms with Crippen molar-refractivity contribution < 1.29 is 4.79 Å². The molecule has 1 atom stereocenters. The summed E-state index contributed by atoms with van der Waals surface area (Å²) < 4.78 is 0. The van der Waals surface area contributed by atoms with Crippen LogP contribution in [0.2, 0.25) is 0 Å². The molecule has 1 heteroatoms. The molecule has 1 rings (SSSR count). The minimum absolute atomic E-state index is 0.475. The number of Topliss-reactive ketones (excluding diaryl/α,β-unsaturated/α-hetero) is 1. The lowest BCUT2D eigenvalue weighted by molar-refractivity contribution is -0.119. The zero-order valence-electron chi connectivity index (χ0n) is 12.1. The molecule has 1 nitrogen and oxygen atoms in total. The fraction of sp³-hybridized carbons (Fsp3) is 0.824. The molecular formula is C17H30O. The number of hydrogen-bond acceptors (Lipinski definition) is 1. The van der Waals surface area contributed by atoms with Crippen molar-refractivity contribution in [2.75, 3.05) is 0 Å². The van der Waals surface area contributed by atoms with Gasteiger partial charge in [0.15, 0.2) is 0 Å². The second kappa shape index (κ2) is 10.3. The Morgan fingerprint density at radius 2 is 1.50 bits per heavy atom. The van der Waals surface area contributed by atoms with Gasteiger partial charge in [0.25, 0.3) is 0 Å². The molecule has 0 heterocycles. The first-order chi connectivity index (χ1) is 8.79. The Morgan fingerprint density at radius 3 is 2.22 bits per heavy atom. The minimum Gasteiger partial charge on any atom is -0.300 e. The summed E-state index contributed by atoms with van der Waals surface area (Å²) >= 11 is 0. The first kappa shape index (κ1) is 15.5. The molecule has 0 spiro atoms. The van der Waals surface area contributed by atoms with E-state index in [-0.39, 0.29) is 0 Å². The smallest absolute Gasteiger partial charge is 0.133 e. The van der Waals surface area contributed by atoms with E-state index in [2.05, 4.69) is 19.1 Å². The van der Waals surface area contributed by atoms with Crippen LogP contribution in [-0.2, 0) is 4.79 Å². The highest BCUT2D eigenvalue weighted by Crippen LogP contribution is 2.15. The summed E-state index contributed by atoms with van der Waals surface area (Å²) in [7, 11) is 0. The summed E-state index contributed by atoms with van der Waals surface area (Å²) in [6.07, 6.45) is 19.0. The van der Waals surface area contributed by atoms with Gasteiger partial charge in [-0.2, -0.15) is 0 Å². The molecule has 0 fully saturated rings. The molecular weight excluding hydrogens is 220 g/mol. The highest BCUT2D eigenvalue weighted by Gasteiger charge is 2.07. The maximum absolute atomic E-state index is 11.8. The third-order valence-corrected chi connectivity index (χ3v) is 3.86. The van der Waals surface area contributed by atoms with Crippen LogP contribution >= 0.6 is 0 Å². The van der Waals surface area contributed by atoms with Gasteiger partial charge in [-0.3, -0.25) is 4.79 Å². The zero-order valence-corrected chi connectivity index (χ0v) is 12.1. The van der Waals surface area contributed by atoms with Crippen molar-refractivity contribution in [2.24, 2.45) is 5.92 Å². The molecule has 0 aromatic heterocycles. The van der Waals surface area contributed by atoms with Gasteiger partial charge in [-0.1, -0.05) is 57.6 Å². The summed E-state index contributed by atoms with van der Waals surface area (Å²) in [5.74, 6) is 1.00. The molecule has 0 aliphatic heterocycles. The summed E-state index contributed by atoms with van der Waals surface area (Å²) in [6.45, 7) is 2.20. The average molecular weight is 250 g/mol. The number of allylic oxidation sites excluding steroid dienone is 2. The Kier molecular flexibility index (Phi) is 8.89. The number of ketones is 1. The first-order valence-electron chi connectivity index (χ1n) is 7.95. The second-order valence-corrected chi connectivity index (χ2v) is 5.92. The van der Waals surface area contributed by atoms with Crippen molar-refractivity contribution in [3.63, 3.8) is 0 Å². The maximum atomic E-state index is 11.8. The van der Waals surface area contributed by atoms with Gasteiger partial charge in [-0.25, -0.2) is 0 Å². The van der Waals surface area contributed by atoms with Crippen molar-refractivity contribution >= 4 is 5.78 Å². The average Bonchev–Trinajstić information content (AvgIpc) is 2.33. The Morgan fingerprint density at radius 1 is 0.889 bits per heavy atom. The lowest BCUT2D eigenvalue weighted by Gasteiger charge is -2.08. The summed E-state index contributed by atoms with van der Waals surface area (Å²) in [4.78, 5) is 11.8. The summed E-state index contributed by atoms with van der Waals surface area (Å²) in [5.41, 5.74) is 0. The van der Waals surface area contributed by atoms with Gasteiger partial charge in [-0.15, -0.1) is 0 Å². The van der Waals surface area contributed by atoms with Crippen LogP contribution in [0.1, 0.15) is 84.0 Å². The standard InChI is InChI=1S/C17H30O/c1-16-13-11-9-7-5-3-2-4-6-8-10-12-14-17(18)15-16/h9,11,16H,2-8,10,12-15H2,1H3. The maximum Gasteiger partial charge on any atom is 0.133 e. The molecule has 0 saturated carbocycles. The lowest BCUT2D eigenvalue weighted by Crippen LogP contribution is -2.04. The molecule has 0 aromatic carbocycles. The van der Waals surface area contributed by atoms with Gasteiger partial charge in [0.2, 0.25) is 0 Å². The molecule has 0 aromatic rings. The largest absolute Gasteiger partial charge is 0.300 e. The Labute approximate surface area is 113 Å². The van der Waals surface area contributed by atoms with E-state index in [1.165, 1.54) is 51.4 Å². The minimum atomic E-state index is 0.475. The Bertz CT molecular complexity index is 242. The molecule has 0 amide bonds. The molecule has 104 valence electrons. The van der Waals surface area contributed by atoms with Crippen molar-refractivity contribution in [3.8, 4) is 0 Å². The highest BCUT2D eigenvalue weighted by atomic mass is 16.1. The molecule has 0 radical (unpaired) electrons. The van der Waals surface area contributed by atoms with E-state index in [9.17, 15) is 4.79 Å². The molecule has 0 bridgehead atoms. The summed E-state index contributed by atoms with van der Waals surface area (Å²) in [5, 5.41) is 0. The predicted molar refractivity (Wildman–Crippen MR) is 78.7 cm³/mol. The van der Waals surface area contributed by atoms with Gasteiger partial charge in [0.1, 0.15) is 5.78 Å². The number of carbonyl (C=O) groups excluding carboxylic acids is 1. The topological polar surface area (TPSA) is 17.1 Å². The number of carbonyl (C=O) groups is 1. The molecule has 1 unspecified atom stereocenters. The van der Waals surface area contributed by atoms with Gasteiger partial charge in [-0.05, 0) is 31.6 Å². The number of rotatable bonds is 0. The highest BCUT2D eigenvalue weighted by molar-refractivity contribution is 5.78. The van der Waals surface area contributed by atoms with Crippen LogP contribution in [0.5, 0.6) is 0 Å². The molecule has 0 saturated heterocycles. The van der Waals surface area contributed by atoms with Crippen molar-refractivity contribution in [1.29, 1.82) is 0 Å². The van der Waals surface area contributed by atoms with Gasteiger partial charge in [0, 0.05) is 12.8 Å². The van der Waals surface area contributed by atoms with E-state index < -0.39 is 0 Å². The zero-order chi connectivity index (χ0) is 13.1. The number of hydrogen-bond donors (Lipinski definition) is 0. The monoisotopic (exact) mass is 250 g/mol. The van der Waals surface area contributed by atoms with Crippen LogP contribution in [0, 0.1) is 5.92 Å². The Hall–Kier alpha value is -0.590. The van der Waals surface area contributed by atoms with Gasteiger partial charge >= 0.3 is 0 Å². The Balaban J connectivity index is 2.29. The van der Waals surface area contributed by atoms with Crippen LogP contribution in [0.3, 0.4) is 0 Å². The fourth-order valence-electron chi connectivity index (χ4n) is 2.67. The van der Waals surface area contributed by atoms with E-state index in [4.69, 9.17) is 0 Å². The van der Waals surface area contributed by atoms with E-state index in [0.29, 0.717) is 11.7 Å². The normalized spacial score (nSPS) is 26.1. The van der Waals surface area contributed by atoms with Crippen molar-refractivity contribution in [1.82, 2.24) is 0 Å². The van der Waals surface area contributed by atoms with Gasteiger partial charge in [0.05, 0.1) is 0 Å². The van der Waals surface area contributed by atoms with Crippen LogP contribution in [0.4, 0.5) is 0 Å². The lowest BCUT2D eigenvalue weighted by atomic mass is 9.97. The van der Waals surface area contributed by atoms with Crippen LogP contribution < -0.4 is 0 Å².